The summed E-state index contributed by atoms with van der Waals surface area (Å²) in [5.74, 6) is -0.338. The summed E-state index contributed by atoms with van der Waals surface area (Å²) in [6, 6.07) is 10.1. The lowest BCUT2D eigenvalue weighted by Gasteiger charge is -2.26. The minimum Gasteiger partial charge on any atom is -0.376 e. The Balaban J connectivity index is 1.42. The molecular formula is C19H21N3O3. The van der Waals surface area contributed by atoms with Crippen molar-refractivity contribution in [2.24, 2.45) is 0 Å². The quantitative estimate of drug-likeness (QED) is 0.776. The van der Waals surface area contributed by atoms with Crippen LogP contribution in [-0.2, 0) is 30.7 Å². The van der Waals surface area contributed by atoms with Gasteiger partial charge in [-0.2, -0.15) is 0 Å². The largest absolute Gasteiger partial charge is 0.376 e. The van der Waals surface area contributed by atoms with E-state index in [1.807, 2.05) is 12.1 Å². The molecule has 0 saturated heterocycles. The lowest BCUT2D eigenvalue weighted by atomic mass is 9.96. The van der Waals surface area contributed by atoms with Gasteiger partial charge in [-0.3, -0.25) is 9.59 Å². The maximum Gasteiger partial charge on any atom is 0.261 e. The minimum absolute atomic E-state index is 0.153. The molecule has 1 aromatic heterocycles. The molecule has 0 spiro atoms. The summed E-state index contributed by atoms with van der Waals surface area (Å²) in [4.78, 5) is 27.4. The number of carbonyl (C=O) groups is 1. The fraction of sp³-hybridized carbons (Fsp3) is 0.368. The molecule has 3 heterocycles. The number of aromatic nitrogens is 1. The second kappa shape index (κ2) is 6.82. The molecule has 2 aliphatic rings. The van der Waals surface area contributed by atoms with Gasteiger partial charge in [-0.05, 0) is 29.2 Å². The highest BCUT2D eigenvalue weighted by atomic mass is 16.5. The van der Waals surface area contributed by atoms with E-state index in [9.17, 15) is 9.59 Å². The van der Waals surface area contributed by atoms with Gasteiger partial charge in [0.1, 0.15) is 5.56 Å². The number of ether oxygens (including phenoxy) is 1. The number of pyridine rings is 1. The number of hydrogen-bond acceptors (Lipinski definition) is 4. The standard InChI is InChI=1S/C19H21N3O3/c23-18(16-8-14-11-25-6-5-17(14)22-19(16)24)21-10-15-7-12-3-1-2-4-13(12)9-20-15/h1-4,8,15,20H,5-7,9-11H2,(H,21,23)(H,22,24). The summed E-state index contributed by atoms with van der Waals surface area (Å²) in [5.41, 5.74) is 4.19. The van der Waals surface area contributed by atoms with Gasteiger partial charge in [-0.15, -0.1) is 0 Å². The van der Waals surface area contributed by atoms with Crippen LogP contribution in [0.5, 0.6) is 0 Å². The maximum atomic E-state index is 12.4. The summed E-state index contributed by atoms with van der Waals surface area (Å²) in [6.07, 6.45) is 1.54. The third-order valence-electron chi connectivity index (χ3n) is 4.89. The average molecular weight is 339 g/mol. The number of hydrogen-bond donors (Lipinski definition) is 3. The second-order valence-electron chi connectivity index (χ2n) is 6.58. The van der Waals surface area contributed by atoms with Gasteiger partial charge >= 0.3 is 0 Å². The molecule has 6 heteroatoms. The predicted molar refractivity (Wildman–Crippen MR) is 93.5 cm³/mol. The van der Waals surface area contributed by atoms with E-state index in [1.54, 1.807) is 6.07 Å². The Bertz CT molecular complexity index is 859. The molecule has 1 atom stereocenters. The van der Waals surface area contributed by atoms with Gasteiger partial charge in [-0.25, -0.2) is 0 Å². The van der Waals surface area contributed by atoms with Crippen molar-refractivity contribution in [1.29, 1.82) is 0 Å². The number of aromatic amines is 1. The summed E-state index contributed by atoms with van der Waals surface area (Å²) < 4.78 is 5.40. The molecule has 2 aromatic rings. The normalized spacial score (nSPS) is 19.0. The summed E-state index contributed by atoms with van der Waals surface area (Å²) in [5, 5.41) is 6.31. The molecule has 6 nitrogen and oxygen atoms in total. The van der Waals surface area contributed by atoms with Crippen LogP contribution < -0.4 is 16.2 Å². The van der Waals surface area contributed by atoms with Gasteiger partial charge in [0.25, 0.3) is 11.5 Å². The van der Waals surface area contributed by atoms with Crippen molar-refractivity contribution in [2.45, 2.75) is 32.0 Å². The van der Waals surface area contributed by atoms with Crippen LogP contribution in [0.2, 0.25) is 0 Å². The van der Waals surface area contributed by atoms with Gasteiger partial charge in [0.05, 0.1) is 13.2 Å². The molecule has 0 radical (unpaired) electrons. The molecule has 1 amide bonds. The lowest BCUT2D eigenvalue weighted by molar-refractivity contribution is 0.0944. The molecule has 0 fully saturated rings. The van der Waals surface area contributed by atoms with Crippen molar-refractivity contribution >= 4 is 5.91 Å². The van der Waals surface area contributed by atoms with Gasteiger partial charge in [-0.1, -0.05) is 24.3 Å². The molecule has 130 valence electrons. The molecular weight excluding hydrogens is 318 g/mol. The third-order valence-corrected chi connectivity index (χ3v) is 4.89. The van der Waals surface area contributed by atoms with Crippen LogP contribution in [0.3, 0.4) is 0 Å². The third kappa shape index (κ3) is 3.36. The van der Waals surface area contributed by atoms with Crippen LogP contribution >= 0.6 is 0 Å². The second-order valence-corrected chi connectivity index (χ2v) is 6.58. The maximum absolute atomic E-state index is 12.4. The fourth-order valence-electron chi connectivity index (χ4n) is 3.46. The number of amides is 1. The average Bonchev–Trinajstić information content (AvgIpc) is 2.65. The number of H-pyrrole nitrogens is 1. The number of fused-ring (bicyclic) bond motifs is 2. The predicted octanol–water partition coefficient (Wildman–Crippen LogP) is 0.892. The molecule has 0 aliphatic carbocycles. The Labute approximate surface area is 145 Å². The van der Waals surface area contributed by atoms with Gasteiger partial charge < -0.3 is 20.4 Å². The van der Waals surface area contributed by atoms with E-state index in [2.05, 4.69) is 27.8 Å². The Morgan fingerprint density at radius 2 is 2.08 bits per heavy atom. The smallest absolute Gasteiger partial charge is 0.261 e. The van der Waals surface area contributed by atoms with Crippen LogP contribution in [0, 0.1) is 0 Å². The monoisotopic (exact) mass is 339 g/mol. The highest BCUT2D eigenvalue weighted by Crippen LogP contribution is 2.16. The molecule has 1 unspecified atom stereocenters. The lowest BCUT2D eigenvalue weighted by Crippen LogP contribution is -2.45. The van der Waals surface area contributed by atoms with Gasteiger partial charge in [0.15, 0.2) is 0 Å². The van der Waals surface area contributed by atoms with Crippen LogP contribution in [0.4, 0.5) is 0 Å². The SMILES string of the molecule is O=C(NCC1Cc2ccccc2CN1)c1cc2c([nH]c1=O)CCOC2. The van der Waals surface area contributed by atoms with Crippen molar-refractivity contribution in [3.05, 3.63) is 68.6 Å². The Kier molecular flexibility index (Phi) is 4.38. The Morgan fingerprint density at radius 3 is 2.96 bits per heavy atom. The van der Waals surface area contributed by atoms with E-state index in [1.165, 1.54) is 11.1 Å². The molecule has 3 N–H and O–H groups in total. The highest BCUT2D eigenvalue weighted by Gasteiger charge is 2.20. The van der Waals surface area contributed by atoms with E-state index in [-0.39, 0.29) is 23.1 Å². The van der Waals surface area contributed by atoms with E-state index < -0.39 is 0 Å². The Hall–Kier alpha value is -2.44. The van der Waals surface area contributed by atoms with Crippen molar-refractivity contribution < 1.29 is 9.53 Å². The molecule has 25 heavy (non-hydrogen) atoms. The fourth-order valence-corrected chi connectivity index (χ4v) is 3.46. The number of nitrogens with one attached hydrogen (secondary N) is 3. The van der Waals surface area contributed by atoms with Gasteiger partial charge in [0, 0.05) is 31.2 Å². The van der Waals surface area contributed by atoms with Crippen molar-refractivity contribution in [2.75, 3.05) is 13.2 Å². The van der Waals surface area contributed by atoms with E-state index in [0.717, 1.165) is 24.2 Å². The van der Waals surface area contributed by atoms with Crippen LogP contribution in [0.1, 0.15) is 32.7 Å². The van der Waals surface area contributed by atoms with Crippen LogP contribution in [-0.4, -0.2) is 30.1 Å². The van der Waals surface area contributed by atoms with E-state index in [0.29, 0.717) is 26.2 Å². The molecule has 4 rings (SSSR count). The number of rotatable bonds is 3. The van der Waals surface area contributed by atoms with Crippen molar-refractivity contribution in [1.82, 2.24) is 15.6 Å². The first-order chi connectivity index (χ1) is 12.2. The van der Waals surface area contributed by atoms with E-state index >= 15 is 0 Å². The zero-order valence-corrected chi connectivity index (χ0v) is 13.9. The minimum atomic E-state index is -0.338. The highest BCUT2D eigenvalue weighted by molar-refractivity contribution is 5.94. The van der Waals surface area contributed by atoms with E-state index in [4.69, 9.17) is 4.74 Å². The number of carbonyl (C=O) groups excluding carboxylic acids is 1. The molecule has 0 saturated carbocycles. The zero-order chi connectivity index (χ0) is 17.2. The van der Waals surface area contributed by atoms with Gasteiger partial charge in [0.2, 0.25) is 0 Å². The summed E-state index contributed by atoms with van der Waals surface area (Å²) >= 11 is 0. The molecule has 0 bridgehead atoms. The topological polar surface area (TPSA) is 83.2 Å². The van der Waals surface area contributed by atoms with Crippen LogP contribution in [0.25, 0.3) is 0 Å². The first kappa shape index (κ1) is 16.1. The summed E-state index contributed by atoms with van der Waals surface area (Å²) in [7, 11) is 0. The Morgan fingerprint density at radius 1 is 1.24 bits per heavy atom. The molecule has 1 aromatic carbocycles. The first-order valence-corrected chi connectivity index (χ1v) is 8.62. The molecule has 2 aliphatic heterocycles. The van der Waals surface area contributed by atoms with Crippen molar-refractivity contribution in [3.63, 3.8) is 0 Å². The van der Waals surface area contributed by atoms with Crippen LogP contribution in [0.15, 0.2) is 35.1 Å². The number of benzene rings is 1. The summed E-state index contributed by atoms with van der Waals surface area (Å²) in [6.45, 7) is 2.32. The zero-order valence-electron chi connectivity index (χ0n) is 13.9. The first-order valence-electron chi connectivity index (χ1n) is 8.62. The van der Waals surface area contributed by atoms with Crippen molar-refractivity contribution in [3.8, 4) is 0 Å².